The lowest BCUT2D eigenvalue weighted by Crippen LogP contribution is -2.30. The maximum Gasteiger partial charge on any atom is 0.122 e. The van der Waals surface area contributed by atoms with Crippen molar-refractivity contribution in [2.45, 2.75) is 32.1 Å². The first kappa shape index (κ1) is 11.5. The number of nitrogens with two attached hydrogens (primary N) is 1. The topological polar surface area (TPSA) is 35.2 Å². The number of rotatable bonds is 5. The minimum absolute atomic E-state index is 0.623. The van der Waals surface area contributed by atoms with Crippen molar-refractivity contribution in [3.05, 3.63) is 29.8 Å². The lowest BCUT2D eigenvalue weighted by Gasteiger charge is -2.37. The van der Waals surface area contributed by atoms with Gasteiger partial charge in [-0.2, -0.15) is 0 Å². The molecule has 1 aromatic rings. The summed E-state index contributed by atoms with van der Waals surface area (Å²) in [4.78, 5) is 0. The lowest BCUT2D eigenvalue weighted by atomic mass is 9.70. The third kappa shape index (κ3) is 2.22. The average molecular weight is 219 g/mol. The van der Waals surface area contributed by atoms with E-state index in [1.807, 2.05) is 6.07 Å². The van der Waals surface area contributed by atoms with E-state index in [1.165, 1.54) is 18.4 Å². The molecule has 0 radical (unpaired) electrons. The molecular formula is C14H21NO. The molecule has 2 heteroatoms. The maximum absolute atomic E-state index is 5.80. The molecular weight excluding hydrogens is 198 g/mol. The second-order valence-corrected chi connectivity index (χ2v) is 4.57. The molecule has 0 bridgehead atoms. The van der Waals surface area contributed by atoms with Gasteiger partial charge >= 0.3 is 0 Å². The molecule has 2 rings (SSSR count). The van der Waals surface area contributed by atoms with E-state index < -0.39 is 0 Å². The van der Waals surface area contributed by atoms with Crippen LogP contribution in [0.15, 0.2) is 24.3 Å². The molecule has 2 unspecified atom stereocenters. The Bertz CT molecular complexity index is 335. The van der Waals surface area contributed by atoms with E-state index in [4.69, 9.17) is 10.5 Å². The first-order valence-electron chi connectivity index (χ1n) is 6.28. The molecule has 1 aromatic carbocycles. The maximum atomic E-state index is 5.80. The van der Waals surface area contributed by atoms with Crippen LogP contribution in [-0.2, 0) is 0 Å². The summed E-state index contributed by atoms with van der Waals surface area (Å²) < 4.78 is 5.80. The highest BCUT2D eigenvalue weighted by Gasteiger charge is 2.32. The zero-order valence-corrected chi connectivity index (χ0v) is 9.99. The number of para-hydroxylation sites is 1. The standard InChI is InChI=1S/C14H21NO/c1-2-9-16-14-6-4-3-5-13(14)12-8-7-11(12)10-15/h3-6,11-12H,2,7-10,15H2,1H3. The first-order valence-corrected chi connectivity index (χ1v) is 6.28. The van der Waals surface area contributed by atoms with Gasteiger partial charge in [-0.1, -0.05) is 25.1 Å². The third-order valence-electron chi connectivity index (χ3n) is 3.50. The predicted octanol–water partition coefficient (Wildman–Crippen LogP) is 2.93. The Kier molecular flexibility index (Phi) is 3.83. The van der Waals surface area contributed by atoms with Gasteiger partial charge in [0.15, 0.2) is 0 Å². The molecule has 0 spiro atoms. The van der Waals surface area contributed by atoms with Crippen LogP contribution in [0.2, 0.25) is 0 Å². The highest BCUT2D eigenvalue weighted by atomic mass is 16.5. The van der Waals surface area contributed by atoms with Crippen molar-refractivity contribution >= 4 is 0 Å². The fourth-order valence-electron chi connectivity index (χ4n) is 2.39. The zero-order chi connectivity index (χ0) is 11.4. The Morgan fingerprint density at radius 1 is 1.31 bits per heavy atom. The van der Waals surface area contributed by atoms with Crippen LogP contribution in [0.5, 0.6) is 5.75 Å². The van der Waals surface area contributed by atoms with E-state index >= 15 is 0 Å². The Hall–Kier alpha value is -1.02. The Balaban J connectivity index is 2.12. The van der Waals surface area contributed by atoms with Crippen LogP contribution < -0.4 is 10.5 Å². The van der Waals surface area contributed by atoms with Crippen molar-refractivity contribution in [1.82, 2.24) is 0 Å². The van der Waals surface area contributed by atoms with Crippen molar-refractivity contribution in [1.29, 1.82) is 0 Å². The number of benzene rings is 1. The van der Waals surface area contributed by atoms with Gasteiger partial charge < -0.3 is 10.5 Å². The summed E-state index contributed by atoms with van der Waals surface area (Å²) in [5, 5.41) is 0. The molecule has 2 atom stereocenters. The van der Waals surface area contributed by atoms with Gasteiger partial charge in [0.25, 0.3) is 0 Å². The summed E-state index contributed by atoms with van der Waals surface area (Å²) in [6.07, 6.45) is 3.58. The van der Waals surface area contributed by atoms with Gasteiger partial charge in [-0.3, -0.25) is 0 Å². The summed E-state index contributed by atoms with van der Waals surface area (Å²) in [6.45, 7) is 3.73. The molecule has 2 nitrogen and oxygen atoms in total. The van der Waals surface area contributed by atoms with Crippen molar-refractivity contribution in [2.24, 2.45) is 11.7 Å². The third-order valence-corrected chi connectivity index (χ3v) is 3.50. The monoisotopic (exact) mass is 219 g/mol. The smallest absolute Gasteiger partial charge is 0.122 e. The van der Waals surface area contributed by atoms with Crippen LogP contribution in [0.4, 0.5) is 0 Å². The molecule has 88 valence electrons. The molecule has 0 aromatic heterocycles. The number of hydrogen-bond donors (Lipinski definition) is 1. The van der Waals surface area contributed by atoms with Crippen molar-refractivity contribution < 1.29 is 4.74 Å². The summed E-state index contributed by atoms with van der Waals surface area (Å²) in [5.41, 5.74) is 7.13. The summed E-state index contributed by atoms with van der Waals surface area (Å²) in [7, 11) is 0. The highest BCUT2D eigenvalue weighted by Crippen LogP contribution is 2.45. The second kappa shape index (κ2) is 5.35. The Morgan fingerprint density at radius 2 is 2.12 bits per heavy atom. The summed E-state index contributed by atoms with van der Waals surface area (Å²) >= 11 is 0. The van der Waals surface area contributed by atoms with E-state index in [0.29, 0.717) is 11.8 Å². The zero-order valence-electron chi connectivity index (χ0n) is 9.99. The molecule has 1 fully saturated rings. The van der Waals surface area contributed by atoms with Gasteiger partial charge in [0.05, 0.1) is 6.61 Å². The normalized spacial score (nSPS) is 23.9. The van der Waals surface area contributed by atoms with Crippen LogP contribution >= 0.6 is 0 Å². The van der Waals surface area contributed by atoms with Crippen molar-refractivity contribution in [3.63, 3.8) is 0 Å². The van der Waals surface area contributed by atoms with Gasteiger partial charge in [0.1, 0.15) is 5.75 Å². The molecule has 1 aliphatic carbocycles. The Morgan fingerprint density at radius 3 is 2.75 bits per heavy atom. The minimum Gasteiger partial charge on any atom is -0.493 e. The SMILES string of the molecule is CCCOc1ccccc1C1CCC1CN. The van der Waals surface area contributed by atoms with Crippen LogP contribution in [0.1, 0.15) is 37.7 Å². The predicted molar refractivity (Wildman–Crippen MR) is 66.7 cm³/mol. The molecule has 0 aliphatic heterocycles. The molecule has 0 saturated heterocycles. The van der Waals surface area contributed by atoms with Gasteiger partial charge in [0, 0.05) is 0 Å². The molecule has 0 amide bonds. The van der Waals surface area contributed by atoms with E-state index in [1.54, 1.807) is 0 Å². The van der Waals surface area contributed by atoms with Gasteiger partial charge in [0.2, 0.25) is 0 Å². The van der Waals surface area contributed by atoms with Crippen LogP contribution in [0.25, 0.3) is 0 Å². The number of ether oxygens (including phenoxy) is 1. The van der Waals surface area contributed by atoms with Crippen molar-refractivity contribution in [3.8, 4) is 5.75 Å². The quantitative estimate of drug-likeness (QED) is 0.826. The average Bonchev–Trinajstić information content (AvgIpc) is 2.27. The lowest BCUT2D eigenvalue weighted by molar-refractivity contribution is 0.248. The van der Waals surface area contributed by atoms with E-state index in [0.717, 1.165) is 25.3 Å². The largest absolute Gasteiger partial charge is 0.493 e. The fraction of sp³-hybridized carbons (Fsp3) is 0.571. The fourth-order valence-corrected chi connectivity index (χ4v) is 2.39. The molecule has 1 aliphatic rings. The van der Waals surface area contributed by atoms with Crippen LogP contribution in [-0.4, -0.2) is 13.2 Å². The van der Waals surface area contributed by atoms with Gasteiger partial charge in [-0.05, 0) is 49.3 Å². The summed E-state index contributed by atoms with van der Waals surface area (Å²) in [6, 6.07) is 8.42. The Labute approximate surface area is 97.8 Å². The molecule has 1 saturated carbocycles. The van der Waals surface area contributed by atoms with E-state index in [-0.39, 0.29) is 0 Å². The second-order valence-electron chi connectivity index (χ2n) is 4.57. The van der Waals surface area contributed by atoms with Crippen molar-refractivity contribution in [2.75, 3.05) is 13.2 Å². The minimum atomic E-state index is 0.623. The molecule has 0 heterocycles. The number of hydrogen-bond acceptors (Lipinski definition) is 2. The van der Waals surface area contributed by atoms with Gasteiger partial charge in [-0.25, -0.2) is 0 Å². The van der Waals surface area contributed by atoms with Crippen LogP contribution in [0.3, 0.4) is 0 Å². The summed E-state index contributed by atoms with van der Waals surface area (Å²) in [5.74, 6) is 2.34. The highest BCUT2D eigenvalue weighted by molar-refractivity contribution is 5.38. The molecule has 2 N–H and O–H groups in total. The van der Waals surface area contributed by atoms with E-state index in [9.17, 15) is 0 Å². The van der Waals surface area contributed by atoms with Crippen LogP contribution in [0, 0.1) is 5.92 Å². The van der Waals surface area contributed by atoms with Gasteiger partial charge in [-0.15, -0.1) is 0 Å². The van der Waals surface area contributed by atoms with E-state index in [2.05, 4.69) is 25.1 Å². The molecule has 16 heavy (non-hydrogen) atoms. The first-order chi connectivity index (χ1) is 7.86.